The maximum absolute atomic E-state index is 13.9. The van der Waals surface area contributed by atoms with Crippen LogP contribution in [-0.4, -0.2) is 66.5 Å². The van der Waals surface area contributed by atoms with Gasteiger partial charge in [0.1, 0.15) is 6.61 Å². The molecule has 23 heteroatoms. The van der Waals surface area contributed by atoms with Crippen LogP contribution >= 0.6 is 23.5 Å². The number of phosphoric acid groups is 3. The van der Waals surface area contributed by atoms with Gasteiger partial charge >= 0.3 is 41.1 Å². The number of carbonyl (C=O) groups is 2. The van der Waals surface area contributed by atoms with Crippen molar-refractivity contribution in [3.63, 3.8) is 0 Å². The fraction of sp³-hybridized carbons (Fsp3) is 0.571. The summed E-state index contributed by atoms with van der Waals surface area (Å²) >= 11 is 0. The van der Waals surface area contributed by atoms with Gasteiger partial charge in [-0.1, -0.05) is 0 Å². The Balaban J connectivity index is 2.37. The van der Waals surface area contributed by atoms with Gasteiger partial charge in [0.2, 0.25) is 5.82 Å². The van der Waals surface area contributed by atoms with Crippen LogP contribution in [0.25, 0.3) is 0 Å². The first kappa shape index (κ1) is 31.1. The Kier molecular flexibility index (Phi) is 9.89. The van der Waals surface area contributed by atoms with E-state index in [1.54, 1.807) is 4.98 Å². The smallest absolute Gasteiger partial charge is 0.465 e. The number of ether oxygens (including phenoxy) is 3. The summed E-state index contributed by atoms with van der Waals surface area (Å²) in [6, 6.07) is 0. The van der Waals surface area contributed by atoms with Gasteiger partial charge in [-0.3, -0.25) is 28.5 Å². The van der Waals surface area contributed by atoms with Crippen LogP contribution in [0.5, 0.6) is 0 Å². The van der Waals surface area contributed by atoms with Crippen LogP contribution < -0.4 is 11.2 Å². The lowest BCUT2D eigenvalue weighted by atomic mass is 9.99. The molecule has 37 heavy (non-hydrogen) atoms. The molecule has 6 atom stereocenters. The monoisotopic (exact) mass is 600 g/mol. The molecule has 210 valence electrons. The summed E-state index contributed by atoms with van der Waals surface area (Å²) in [5.41, 5.74) is -2.61. The summed E-state index contributed by atoms with van der Waals surface area (Å²) in [6.07, 6.45) is -4.43. The Morgan fingerprint density at radius 3 is 2.22 bits per heavy atom. The number of esters is 2. The maximum atomic E-state index is 13.9. The molecule has 1 saturated heterocycles. The lowest BCUT2D eigenvalue weighted by Crippen LogP contribution is -2.40. The number of H-pyrrole nitrogens is 1. The third kappa shape index (κ3) is 9.31. The molecule has 0 bridgehead atoms. The molecule has 2 rings (SSSR count). The van der Waals surface area contributed by atoms with E-state index in [1.165, 1.54) is 0 Å². The average molecular weight is 600 g/mol. The number of carbonyl (C=O) groups excluding carboxylic acids is 2. The van der Waals surface area contributed by atoms with E-state index in [4.69, 9.17) is 24.0 Å². The molecule has 2 unspecified atom stereocenters. The fourth-order valence-corrected chi connectivity index (χ4v) is 6.07. The molecule has 0 aliphatic carbocycles. The summed E-state index contributed by atoms with van der Waals surface area (Å²) < 4.78 is 75.8. The zero-order valence-electron chi connectivity index (χ0n) is 18.6. The van der Waals surface area contributed by atoms with Crippen molar-refractivity contribution in [2.75, 3.05) is 13.2 Å². The minimum Gasteiger partial charge on any atom is -0.465 e. The second kappa shape index (κ2) is 11.8. The second-order valence-electron chi connectivity index (χ2n) is 7.14. The standard InChI is InChI=1S/C14H20FN2O17P3/c1-6(18)29-4-8-10(5-30-36(25,26)34-37(27,28)33-35(22,23)24)32-13(11(8)31-7(2)19)17-3-9(15)12(20)16-14(17)21/h3,8,10-11,13H,4-5H2,1-2H3,(H,25,26)(H,27,28)(H,16,20,21)(H2,22,23,24)/t8-,10-,11-,13-/m1/s1. The SMILES string of the molecule is CC(=O)OC[C@H]1[C@@H](OC(C)=O)[C@H](n2cc(F)c(=O)[nH]c2=O)O[C@@H]1COP(=O)(O)OP(=O)(O)OP(=O)(O)O. The van der Waals surface area contributed by atoms with Crippen LogP contribution in [0.4, 0.5) is 4.39 Å². The van der Waals surface area contributed by atoms with Crippen molar-refractivity contribution in [1.29, 1.82) is 0 Å². The van der Waals surface area contributed by atoms with Gasteiger partial charge in [-0.05, 0) is 0 Å². The van der Waals surface area contributed by atoms with Gasteiger partial charge in [0, 0.05) is 13.8 Å². The number of nitrogens with one attached hydrogen (secondary N) is 1. The minimum absolute atomic E-state index is 0.413. The Labute approximate surface area is 204 Å². The molecular weight excluding hydrogens is 580 g/mol. The first-order valence-electron chi connectivity index (χ1n) is 9.55. The topological polar surface area (TPSA) is 277 Å². The second-order valence-corrected chi connectivity index (χ2v) is 11.6. The number of phosphoric ester groups is 1. The van der Waals surface area contributed by atoms with Gasteiger partial charge in [0.25, 0.3) is 5.56 Å². The molecule has 2 heterocycles. The molecule has 0 saturated carbocycles. The highest BCUT2D eigenvalue weighted by Gasteiger charge is 2.50. The number of rotatable bonds is 11. The van der Waals surface area contributed by atoms with Crippen molar-refractivity contribution < 1.29 is 74.6 Å². The number of hydrogen-bond donors (Lipinski definition) is 5. The van der Waals surface area contributed by atoms with Gasteiger partial charge < -0.3 is 33.8 Å². The Bertz CT molecular complexity index is 1290. The Morgan fingerprint density at radius 1 is 1.05 bits per heavy atom. The van der Waals surface area contributed by atoms with Crippen LogP contribution in [-0.2, 0) is 50.6 Å². The molecule has 0 aromatic carbocycles. The minimum atomic E-state index is -5.85. The number of halogens is 1. The summed E-state index contributed by atoms with van der Waals surface area (Å²) in [7, 11) is -17.1. The Hall–Kier alpha value is -2.08. The highest BCUT2D eigenvalue weighted by atomic mass is 31.3. The molecule has 19 nitrogen and oxygen atoms in total. The van der Waals surface area contributed by atoms with Crippen LogP contribution in [0, 0.1) is 11.7 Å². The van der Waals surface area contributed by atoms with Crippen molar-refractivity contribution in [2.45, 2.75) is 32.3 Å². The van der Waals surface area contributed by atoms with Crippen molar-refractivity contribution >= 4 is 35.4 Å². The Morgan fingerprint density at radius 2 is 1.68 bits per heavy atom. The average Bonchev–Trinajstić information content (AvgIpc) is 3.01. The van der Waals surface area contributed by atoms with Gasteiger partial charge in [0.05, 0.1) is 24.8 Å². The van der Waals surface area contributed by atoms with Gasteiger partial charge in [0.15, 0.2) is 12.3 Å². The molecule has 1 aromatic heterocycles. The van der Waals surface area contributed by atoms with Crippen LogP contribution in [0.3, 0.4) is 0 Å². The van der Waals surface area contributed by atoms with Crippen molar-refractivity contribution in [3.8, 4) is 0 Å². The first-order valence-corrected chi connectivity index (χ1v) is 14.1. The quantitative estimate of drug-likeness (QED) is 0.151. The molecule has 1 aromatic rings. The molecule has 0 radical (unpaired) electrons. The van der Waals surface area contributed by atoms with Crippen LogP contribution in [0.1, 0.15) is 20.1 Å². The normalized spacial score (nSPS) is 25.2. The molecule has 1 aliphatic heterocycles. The molecule has 0 amide bonds. The molecule has 0 spiro atoms. The third-order valence-corrected chi connectivity index (χ3v) is 8.09. The van der Waals surface area contributed by atoms with Crippen LogP contribution in [0.15, 0.2) is 15.8 Å². The summed E-state index contributed by atoms with van der Waals surface area (Å²) in [5, 5.41) is 0. The number of hydrogen-bond acceptors (Lipinski definition) is 13. The van der Waals surface area contributed by atoms with E-state index < -0.39 is 90.0 Å². The lowest BCUT2D eigenvalue weighted by Gasteiger charge is -2.24. The molecule has 1 aliphatic rings. The van der Waals surface area contributed by atoms with Crippen molar-refractivity contribution in [2.24, 2.45) is 5.92 Å². The predicted octanol–water partition coefficient (Wildman–Crippen LogP) is -0.973. The zero-order chi connectivity index (χ0) is 28.3. The molecule has 1 fully saturated rings. The van der Waals surface area contributed by atoms with E-state index in [-0.39, 0.29) is 0 Å². The third-order valence-electron chi connectivity index (χ3n) is 4.29. The zero-order valence-corrected chi connectivity index (χ0v) is 21.2. The largest absolute Gasteiger partial charge is 0.490 e. The van der Waals surface area contributed by atoms with E-state index in [0.717, 1.165) is 13.8 Å². The summed E-state index contributed by atoms with van der Waals surface area (Å²) in [4.78, 5) is 84.3. The van der Waals surface area contributed by atoms with Gasteiger partial charge in [-0.25, -0.2) is 18.5 Å². The van der Waals surface area contributed by atoms with Crippen molar-refractivity contribution in [3.05, 3.63) is 32.9 Å². The highest BCUT2D eigenvalue weighted by molar-refractivity contribution is 7.66. The van der Waals surface area contributed by atoms with Gasteiger partial charge in [-0.15, -0.1) is 0 Å². The molecular formula is C14H20FN2O17P3. The predicted molar refractivity (Wildman–Crippen MR) is 111 cm³/mol. The lowest BCUT2D eigenvalue weighted by molar-refractivity contribution is -0.155. The number of aromatic nitrogens is 2. The van der Waals surface area contributed by atoms with E-state index in [9.17, 15) is 47.1 Å². The summed E-state index contributed by atoms with van der Waals surface area (Å²) in [5.74, 6) is -4.55. The maximum Gasteiger partial charge on any atom is 0.490 e. The highest BCUT2D eigenvalue weighted by Crippen LogP contribution is 2.66. The van der Waals surface area contributed by atoms with E-state index in [0.29, 0.717) is 10.8 Å². The van der Waals surface area contributed by atoms with E-state index in [1.807, 2.05) is 0 Å². The summed E-state index contributed by atoms with van der Waals surface area (Å²) in [6.45, 7) is 0.214. The number of aromatic amines is 1. The van der Waals surface area contributed by atoms with Gasteiger partial charge in [-0.2, -0.15) is 13.0 Å². The molecule has 5 N–H and O–H groups in total. The number of nitrogens with zero attached hydrogens (tertiary/aromatic N) is 1. The van der Waals surface area contributed by atoms with E-state index in [2.05, 4.69) is 13.1 Å². The van der Waals surface area contributed by atoms with E-state index >= 15 is 0 Å². The van der Waals surface area contributed by atoms with Crippen LogP contribution in [0.2, 0.25) is 0 Å². The first-order chi connectivity index (χ1) is 16.8. The van der Waals surface area contributed by atoms with Crippen molar-refractivity contribution in [1.82, 2.24) is 9.55 Å². The fourth-order valence-electron chi connectivity index (χ4n) is 3.04.